The normalized spacial score (nSPS) is 17.1. The molecule has 1 aliphatic heterocycles. The molecule has 0 aromatic rings. The predicted molar refractivity (Wildman–Crippen MR) is 38.8 cm³/mol. The van der Waals surface area contributed by atoms with Crippen LogP contribution >= 0.6 is 0 Å². The number of hydrogen-bond acceptors (Lipinski definition) is 4. The molecule has 1 heterocycles. The van der Waals surface area contributed by atoms with Gasteiger partial charge < -0.3 is 9.84 Å². The van der Waals surface area contributed by atoms with Crippen molar-refractivity contribution in [3.8, 4) is 0 Å². The van der Waals surface area contributed by atoms with Gasteiger partial charge >= 0.3 is 18.0 Å². The average Bonchev–Trinajstić information content (AvgIpc) is 2.06. The Labute approximate surface area is 80.9 Å². The second kappa shape index (κ2) is 3.75. The van der Waals surface area contributed by atoms with Crippen LogP contribution in [0, 0.1) is 0 Å². The molecule has 0 radical (unpaired) electrons. The van der Waals surface area contributed by atoms with Gasteiger partial charge in [-0.05, 0) is 0 Å². The average molecular weight is 226 g/mol. The molecule has 9 heteroatoms. The summed E-state index contributed by atoms with van der Waals surface area (Å²) in [6.45, 7) is -1.80. The van der Waals surface area contributed by atoms with E-state index in [1.807, 2.05) is 0 Å². The molecule has 0 saturated carbocycles. The molecule has 0 aromatic carbocycles. The number of amides is 1. The fourth-order valence-electron chi connectivity index (χ4n) is 0.789. The zero-order chi connectivity index (χ0) is 11.6. The maximum absolute atomic E-state index is 12.0. The van der Waals surface area contributed by atoms with Crippen LogP contribution in [0.25, 0.3) is 0 Å². The highest BCUT2D eigenvalue weighted by Gasteiger charge is 2.42. The van der Waals surface area contributed by atoms with Crippen molar-refractivity contribution in [1.29, 1.82) is 0 Å². The van der Waals surface area contributed by atoms with Crippen LogP contribution in [0.5, 0.6) is 0 Å². The maximum Gasteiger partial charge on any atom is 0.470 e. The lowest BCUT2D eigenvalue weighted by atomic mass is 10.5. The first-order valence-corrected chi connectivity index (χ1v) is 3.61. The Kier molecular flexibility index (Phi) is 2.82. The van der Waals surface area contributed by atoms with Crippen molar-refractivity contribution in [3.63, 3.8) is 0 Å². The molecule has 0 fully saturated rings. The van der Waals surface area contributed by atoms with Gasteiger partial charge in [-0.25, -0.2) is 5.01 Å². The molecule has 1 rings (SSSR count). The summed E-state index contributed by atoms with van der Waals surface area (Å²) < 4.78 is 40.1. The summed E-state index contributed by atoms with van der Waals surface area (Å²) >= 11 is 0. The lowest BCUT2D eigenvalue weighted by molar-refractivity contribution is -0.149. The number of carboxylic acid groups (broad SMARTS) is 1. The van der Waals surface area contributed by atoms with E-state index < -0.39 is 37.1 Å². The van der Waals surface area contributed by atoms with E-state index in [-0.39, 0.29) is 5.01 Å². The van der Waals surface area contributed by atoms with Gasteiger partial charge in [0.05, 0.1) is 0 Å². The lowest BCUT2D eigenvalue weighted by Gasteiger charge is -2.22. The van der Waals surface area contributed by atoms with Gasteiger partial charge in [-0.15, -0.1) is 5.10 Å². The molecule has 6 nitrogen and oxygen atoms in total. The Bertz CT molecular complexity index is 325. The third-order valence-electron chi connectivity index (χ3n) is 1.36. The Hall–Kier alpha value is -1.80. The van der Waals surface area contributed by atoms with E-state index in [0.29, 0.717) is 0 Å². The monoisotopic (exact) mass is 226 g/mol. The predicted octanol–water partition coefficient (Wildman–Crippen LogP) is -0.194. The van der Waals surface area contributed by atoms with E-state index in [4.69, 9.17) is 5.11 Å². The van der Waals surface area contributed by atoms with Crippen LogP contribution < -0.4 is 0 Å². The second-order valence-corrected chi connectivity index (χ2v) is 2.54. The summed E-state index contributed by atoms with van der Waals surface area (Å²) in [5, 5.41) is 11.2. The van der Waals surface area contributed by atoms with E-state index in [0.717, 1.165) is 0 Å². The molecule has 15 heavy (non-hydrogen) atoms. The van der Waals surface area contributed by atoms with E-state index in [9.17, 15) is 22.8 Å². The standard InChI is InChI=1S/C6H5F3N2O4/c7-6(8,9)5-10-11(1-4(13)14)3(12)2-15-5/h1-2H2,(H,13,14). The minimum atomic E-state index is -4.84. The Morgan fingerprint density at radius 1 is 1.60 bits per heavy atom. The molecular formula is C6H5F3N2O4. The topological polar surface area (TPSA) is 79.2 Å². The molecule has 0 atom stereocenters. The van der Waals surface area contributed by atoms with Gasteiger partial charge in [0.25, 0.3) is 5.91 Å². The van der Waals surface area contributed by atoms with Crippen LogP contribution in [-0.2, 0) is 14.3 Å². The number of alkyl halides is 3. The molecule has 0 aliphatic carbocycles. The van der Waals surface area contributed by atoms with Crippen LogP contribution in [0.1, 0.15) is 0 Å². The largest absolute Gasteiger partial charge is 0.480 e. The third kappa shape index (κ3) is 2.82. The zero-order valence-corrected chi connectivity index (χ0v) is 7.11. The van der Waals surface area contributed by atoms with E-state index in [1.54, 1.807) is 0 Å². The third-order valence-corrected chi connectivity index (χ3v) is 1.36. The Morgan fingerprint density at radius 2 is 2.20 bits per heavy atom. The quantitative estimate of drug-likeness (QED) is 0.707. The van der Waals surface area contributed by atoms with Gasteiger partial charge in [0.2, 0.25) is 0 Å². The van der Waals surface area contributed by atoms with Crippen molar-refractivity contribution in [2.75, 3.05) is 13.2 Å². The molecule has 1 aliphatic rings. The number of carboxylic acids is 1. The lowest BCUT2D eigenvalue weighted by Crippen LogP contribution is -2.43. The van der Waals surface area contributed by atoms with Gasteiger partial charge in [-0.2, -0.15) is 13.2 Å². The van der Waals surface area contributed by atoms with Crippen LogP contribution in [0.4, 0.5) is 13.2 Å². The molecule has 0 unspecified atom stereocenters. The molecular weight excluding hydrogens is 221 g/mol. The smallest absolute Gasteiger partial charge is 0.470 e. The van der Waals surface area contributed by atoms with Crippen LogP contribution in [0.2, 0.25) is 0 Å². The molecule has 0 spiro atoms. The van der Waals surface area contributed by atoms with E-state index in [2.05, 4.69) is 9.84 Å². The minimum Gasteiger partial charge on any atom is -0.480 e. The first kappa shape index (κ1) is 11.3. The fourth-order valence-corrected chi connectivity index (χ4v) is 0.789. The number of nitrogens with zero attached hydrogens (tertiary/aromatic N) is 2. The molecule has 1 amide bonds. The fraction of sp³-hybridized carbons (Fsp3) is 0.500. The molecule has 0 bridgehead atoms. The van der Waals surface area contributed by atoms with Crippen LogP contribution in [0.3, 0.4) is 0 Å². The highest BCUT2D eigenvalue weighted by molar-refractivity contribution is 5.91. The summed E-state index contributed by atoms with van der Waals surface area (Å²) in [5.41, 5.74) is 0. The molecule has 1 N–H and O–H groups in total. The maximum atomic E-state index is 12.0. The van der Waals surface area contributed by atoms with Gasteiger partial charge in [0.15, 0.2) is 6.61 Å². The number of rotatable bonds is 2. The summed E-state index contributed by atoms with van der Waals surface area (Å²) in [6, 6.07) is 0. The first-order chi connectivity index (χ1) is 6.80. The van der Waals surface area contributed by atoms with E-state index >= 15 is 0 Å². The van der Waals surface area contributed by atoms with Crippen molar-refractivity contribution in [1.82, 2.24) is 5.01 Å². The van der Waals surface area contributed by atoms with Crippen LogP contribution in [-0.4, -0.2) is 47.2 Å². The first-order valence-electron chi connectivity index (χ1n) is 3.61. The zero-order valence-electron chi connectivity index (χ0n) is 7.11. The molecule has 0 saturated heterocycles. The van der Waals surface area contributed by atoms with Crippen molar-refractivity contribution in [3.05, 3.63) is 0 Å². The van der Waals surface area contributed by atoms with Gasteiger partial charge in [0, 0.05) is 0 Å². The SMILES string of the molecule is O=C(O)CN1N=C(C(F)(F)F)OCC1=O. The summed E-state index contributed by atoms with van der Waals surface area (Å²) in [6.07, 6.45) is -4.84. The number of hydrogen-bond donors (Lipinski definition) is 1. The minimum absolute atomic E-state index is 0.203. The molecule has 0 aromatic heterocycles. The van der Waals surface area contributed by atoms with Crippen molar-refractivity contribution in [2.24, 2.45) is 5.10 Å². The van der Waals surface area contributed by atoms with Crippen molar-refractivity contribution in [2.45, 2.75) is 6.18 Å². The summed E-state index contributed by atoms with van der Waals surface area (Å²) in [5.74, 6) is -4.02. The highest BCUT2D eigenvalue weighted by Crippen LogP contribution is 2.20. The van der Waals surface area contributed by atoms with Crippen LogP contribution in [0.15, 0.2) is 5.10 Å². The Morgan fingerprint density at radius 3 is 2.67 bits per heavy atom. The summed E-state index contributed by atoms with van der Waals surface area (Å²) in [4.78, 5) is 21.0. The number of ether oxygens (including phenoxy) is 1. The van der Waals surface area contributed by atoms with Gasteiger partial charge in [-0.3, -0.25) is 9.59 Å². The summed E-state index contributed by atoms with van der Waals surface area (Å²) in [7, 11) is 0. The second-order valence-electron chi connectivity index (χ2n) is 2.54. The van der Waals surface area contributed by atoms with Crippen molar-refractivity contribution >= 4 is 17.8 Å². The van der Waals surface area contributed by atoms with Crippen molar-refractivity contribution < 1.29 is 32.6 Å². The number of aliphatic carboxylic acids is 1. The number of carbonyl (C=O) groups excluding carboxylic acids is 1. The number of carbonyl (C=O) groups is 2. The highest BCUT2D eigenvalue weighted by atomic mass is 19.4. The van der Waals surface area contributed by atoms with Gasteiger partial charge in [-0.1, -0.05) is 0 Å². The number of hydrazone groups is 1. The molecule has 84 valence electrons. The number of halogens is 3. The van der Waals surface area contributed by atoms with Gasteiger partial charge in [0.1, 0.15) is 6.54 Å². The Balaban J connectivity index is 2.85. The van der Waals surface area contributed by atoms with E-state index in [1.165, 1.54) is 0 Å².